The summed E-state index contributed by atoms with van der Waals surface area (Å²) in [6, 6.07) is 7.80. The van der Waals surface area contributed by atoms with Gasteiger partial charge < -0.3 is 4.90 Å². The Hall–Kier alpha value is -1.06. The fourth-order valence-electron chi connectivity index (χ4n) is 2.09. The Kier molecular flexibility index (Phi) is 6.32. The van der Waals surface area contributed by atoms with Gasteiger partial charge in [-0.2, -0.15) is 0 Å². The highest BCUT2D eigenvalue weighted by atomic mass is 35.5. The van der Waals surface area contributed by atoms with Gasteiger partial charge in [0.05, 0.1) is 6.04 Å². The Balaban J connectivity index is 2.78. The molecule has 0 aliphatic heterocycles. The van der Waals surface area contributed by atoms with Gasteiger partial charge in [-0.3, -0.25) is 10.1 Å². The maximum Gasteiger partial charge on any atom is 0.238 e. The zero-order valence-electron chi connectivity index (χ0n) is 12.1. The van der Waals surface area contributed by atoms with E-state index in [2.05, 4.69) is 12.2 Å². The summed E-state index contributed by atoms with van der Waals surface area (Å²) in [6.07, 6.45) is 2.05. The van der Waals surface area contributed by atoms with E-state index in [0.29, 0.717) is 0 Å². The van der Waals surface area contributed by atoms with Crippen LogP contribution in [0.3, 0.4) is 0 Å². The van der Waals surface area contributed by atoms with E-state index in [4.69, 9.17) is 11.6 Å². The van der Waals surface area contributed by atoms with Gasteiger partial charge in [-0.05, 0) is 31.0 Å². The van der Waals surface area contributed by atoms with Crippen LogP contribution in [0.5, 0.6) is 0 Å². The van der Waals surface area contributed by atoms with Crippen molar-refractivity contribution in [2.24, 2.45) is 0 Å². The molecule has 4 heteroatoms. The van der Waals surface area contributed by atoms with Crippen LogP contribution in [0.4, 0.5) is 0 Å². The van der Waals surface area contributed by atoms with E-state index in [0.717, 1.165) is 17.9 Å². The number of likely N-dealkylation sites (N-methyl/N-ethyl adjacent to an activating group) is 1. The molecule has 0 fully saturated rings. The number of nitrogens with one attached hydrogen (secondary N) is 1. The van der Waals surface area contributed by atoms with Crippen molar-refractivity contribution in [1.29, 1.82) is 0 Å². The van der Waals surface area contributed by atoms with Crippen molar-refractivity contribution < 1.29 is 4.79 Å². The standard InChI is InChI=1S/C15H23ClN2O/c1-5-6-14(12-7-9-13(16)10-8-12)17-11(2)15(19)18(3)4/h7-11,14,17H,5-6H2,1-4H3. The van der Waals surface area contributed by atoms with E-state index in [-0.39, 0.29) is 18.0 Å². The summed E-state index contributed by atoms with van der Waals surface area (Å²) in [5.74, 6) is 0.0927. The predicted octanol–water partition coefficient (Wildman–Crippen LogP) is 3.25. The highest BCUT2D eigenvalue weighted by Crippen LogP contribution is 2.21. The topological polar surface area (TPSA) is 32.3 Å². The molecule has 0 aromatic heterocycles. The average Bonchev–Trinajstić information content (AvgIpc) is 2.38. The fraction of sp³-hybridized carbons (Fsp3) is 0.533. The number of nitrogens with zero attached hydrogens (tertiary/aromatic N) is 1. The number of carbonyl (C=O) groups excluding carboxylic acids is 1. The summed E-state index contributed by atoms with van der Waals surface area (Å²) in [7, 11) is 3.55. The minimum absolute atomic E-state index is 0.0927. The van der Waals surface area contributed by atoms with Gasteiger partial charge in [-0.1, -0.05) is 37.1 Å². The van der Waals surface area contributed by atoms with Crippen LogP contribution in [-0.2, 0) is 4.79 Å². The van der Waals surface area contributed by atoms with Crippen molar-refractivity contribution in [3.8, 4) is 0 Å². The van der Waals surface area contributed by atoms with Crippen molar-refractivity contribution >= 4 is 17.5 Å². The largest absolute Gasteiger partial charge is 0.347 e. The molecule has 1 amide bonds. The lowest BCUT2D eigenvalue weighted by atomic mass is 10.0. The van der Waals surface area contributed by atoms with E-state index >= 15 is 0 Å². The zero-order valence-corrected chi connectivity index (χ0v) is 12.9. The van der Waals surface area contributed by atoms with Gasteiger partial charge in [-0.25, -0.2) is 0 Å². The second-order valence-corrected chi connectivity index (χ2v) is 5.45. The van der Waals surface area contributed by atoms with Crippen molar-refractivity contribution in [2.75, 3.05) is 14.1 Å². The summed E-state index contributed by atoms with van der Waals surface area (Å²) >= 11 is 5.91. The highest BCUT2D eigenvalue weighted by Gasteiger charge is 2.19. The summed E-state index contributed by atoms with van der Waals surface area (Å²) in [4.78, 5) is 13.5. The number of hydrogen-bond acceptors (Lipinski definition) is 2. The third-order valence-electron chi connectivity index (χ3n) is 3.11. The van der Waals surface area contributed by atoms with E-state index in [9.17, 15) is 4.79 Å². The maximum absolute atomic E-state index is 11.9. The number of hydrogen-bond donors (Lipinski definition) is 1. The Morgan fingerprint density at radius 2 is 1.89 bits per heavy atom. The van der Waals surface area contributed by atoms with E-state index < -0.39 is 0 Å². The molecule has 0 saturated heterocycles. The number of amides is 1. The molecule has 0 spiro atoms. The zero-order chi connectivity index (χ0) is 14.4. The van der Waals surface area contributed by atoms with E-state index in [1.54, 1.807) is 19.0 Å². The fourth-order valence-corrected chi connectivity index (χ4v) is 2.22. The molecule has 0 heterocycles. The molecule has 2 unspecified atom stereocenters. The lowest BCUT2D eigenvalue weighted by Crippen LogP contribution is -2.43. The van der Waals surface area contributed by atoms with Gasteiger partial charge in [0.1, 0.15) is 0 Å². The Bertz CT molecular complexity index is 403. The van der Waals surface area contributed by atoms with Crippen molar-refractivity contribution in [3.05, 3.63) is 34.9 Å². The quantitative estimate of drug-likeness (QED) is 0.869. The van der Waals surface area contributed by atoms with Crippen LogP contribution in [0, 0.1) is 0 Å². The van der Waals surface area contributed by atoms with Crippen LogP contribution >= 0.6 is 11.6 Å². The Morgan fingerprint density at radius 1 is 1.32 bits per heavy atom. The summed E-state index contributed by atoms with van der Waals surface area (Å²) in [5, 5.41) is 4.13. The van der Waals surface area contributed by atoms with Gasteiger partial charge >= 0.3 is 0 Å². The minimum Gasteiger partial charge on any atom is -0.347 e. The van der Waals surface area contributed by atoms with Crippen molar-refractivity contribution in [3.63, 3.8) is 0 Å². The molecule has 1 aromatic rings. The molecule has 2 atom stereocenters. The molecule has 0 aliphatic carbocycles. The first-order valence-electron chi connectivity index (χ1n) is 6.68. The van der Waals surface area contributed by atoms with Gasteiger partial charge in [0.25, 0.3) is 0 Å². The molecule has 3 nitrogen and oxygen atoms in total. The lowest BCUT2D eigenvalue weighted by molar-refractivity contribution is -0.130. The number of halogens is 1. The van der Waals surface area contributed by atoms with Crippen LogP contribution in [0.2, 0.25) is 5.02 Å². The minimum atomic E-state index is -0.192. The molecule has 0 aliphatic rings. The summed E-state index contributed by atoms with van der Waals surface area (Å²) in [6.45, 7) is 4.05. The maximum atomic E-state index is 11.9. The summed E-state index contributed by atoms with van der Waals surface area (Å²) in [5.41, 5.74) is 1.17. The molecule has 106 valence electrons. The normalized spacial score (nSPS) is 13.9. The first kappa shape index (κ1) is 16.0. The number of rotatable bonds is 6. The third-order valence-corrected chi connectivity index (χ3v) is 3.36. The first-order valence-corrected chi connectivity index (χ1v) is 7.06. The van der Waals surface area contributed by atoms with Gasteiger partial charge in [0.15, 0.2) is 0 Å². The second-order valence-electron chi connectivity index (χ2n) is 5.01. The van der Waals surface area contributed by atoms with E-state index in [1.165, 1.54) is 5.56 Å². The molecular formula is C15H23ClN2O. The molecular weight excluding hydrogens is 260 g/mol. The SMILES string of the molecule is CCCC(NC(C)C(=O)N(C)C)c1ccc(Cl)cc1. The average molecular weight is 283 g/mol. The van der Waals surface area contributed by atoms with Gasteiger partial charge in [0.2, 0.25) is 5.91 Å². The number of benzene rings is 1. The lowest BCUT2D eigenvalue weighted by Gasteiger charge is -2.25. The number of carbonyl (C=O) groups is 1. The van der Waals surface area contributed by atoms with E-state index in [1.807, 2.05) is 31.2 Å². The van der Waals surface area contributed by atoms with Crippen LogP contribution in [0.25, 0.3) is 0 Å². The van der Waals surface area contributed by atoms with Crippen LogP contribution in [-0.4, -0.2) is 30.9 Å². The molecule has 1 aromatic carbocycles. The third kappa shape index (κ3) is 4.84. The van der Waals surface area contributed by atoms with Gasteiger partial charge in [-0.15, -0.1) is 0 Å². The molecule has 0 saturated carbocycles. The van der Waals surface area contributed by atoms with Gasteiger partial charge in [0, 0.05) is 25.2 Å². The van der Waals surface area contributed by atoms with Crippen molar-refractivity contribution in [2.45, 2.75) is 38.8 Å². The smallest absolute Gasteiger partial charge is 0.238 e. The Labute approximate surface area is 120 Å². The predicted molar refractivity (Wildman–Crippen MR) is 80.4 cm³/mol. The van der Waals surface area contributed by atoms with Crippen LogP contribution < -0.4 is 5.32 Å². The Morgan fingerprint density at radius 3 is 2.37 bits per heavy atom. The monoisotopic (exact) mass is 282 g/mol. The molecule has 1 N–H and O–H groups in total. The molecule has 19 heavy (non-hydrogen) atoms. The first-order chi connectivity index (χ1) is 8.95. The second kappa shape index (κ2) is 7.51. The molecule has 1 rings (SSSR count). The van der Waals surface area contributed by atoms with Crippen LogP contribution in [0.15, 0.2) is 24.3 Å². The molecule has 0 radical (unpaired) electrons. The summed E-state index contributed by atoms with van der Waals surface area (Å²) < 4.78 is 0. The highest BCUT2D eigenvalue weighted by molar-refractivity contribution is 6.30. The van der Waals surface area contributed by atoms with Crippen LogP contribution in [0.1, 0.15) is 38.3 Å². The van der Waals surface area contributed by atoms with Crippen molar-refractivity contribution in [1.82, 2.24) is 10.2 Å². The molecule has 0 bridgehead atoms.